The molecular formula is C38H34Cl2FeP2. The summed E-state index contributed by atoms with van der Waals surface area (Å²) in [4.78, 5) is 0. The zero-order valence-electron chi connectivity index (χ0n) is 23.8. The zero-order valence-corrected chi connectivity index (χ0v) is 28.2. The molecule has 43 heavy (non-hydrogen) atoms. The van der Waals surface area contributed by atoms with Gasteiger partial charge in [0.1, 0.15) is 0 Å². The summed E-state index contributed by atoms with van der Waals surface area (Å²) in [6.07, 6.45) is 4.36. The fourth-order valence-electron chi connectivity index (χ4n) is 4.92. The van der Waals surface area contributed by atoms with E-state index in [1.54, 1.807) is 0 Å². The van der Waals surface area contributed by atoms with Gasteiger partial charge >= 0.3 is 17.1 Å². The second-order valence-corrected chi connectivity index (χ2v) is 15.4. The summed E-state index contributed by atoms with van der Waals surface area (Å²) in [5.41, 5.74) is 5.57. The molecule has 0 unspecified atom stereocenters. The fourth-order valence-corrected chi connectivity index (χ4v) is 10.4. The summed E-state index contributed by atoms with van der Waals surface area (Å²) in [6.45, 7) is 0. The van der Waals surface area contributed by atoms with E-state index in [1.165, 1.54) is 32.9 Å². The minimum atomic E-state index is -0.425. The monoisotopic (exact) mass is 678 g/mol. The van der Waals surface area contributed by atoms with Crippen LogP contribution in [0.3, 0.4) is 0 Å². The molecule has 6 aromatic carbocycles. The van der Waals surface area contributed by atoms with Gasteiger partial charge in [-0.3, -0.25) is 0 Å². The molecule has 0 aliphatic rings. The summed E-state index contributed by atoms with van der Waals surface area (Å²) >= 11 is 12.6. The van der Waals surface area contributed by atoms with Crippen LogP contribution in [0.2, 0.25) is 10.0 Å². The molecule has 0 spiro atoms. The third-order valence-corrected chi connectivity index (χ3v) is 13.1. The molecule has 5 heteroatoms. The van der Waals surface area contributed by atoms with E-state index in [-0.39, 0.29) is 25.0 Å². The number of benzene rings is 4. The Kier molecular flexibility index (Phi) is 13.8. The Hall–Kier alpha value is -2.46. The molecule has 0 saturated heterocycles. The second-order valence-electron chi connectivity index (χ2n) is 10.2. The smallest absolute Gasteiger partial charge is 0.213 e. The van der Waals surface area contributed by atoms with Crippen LogP contribution in [0.1, 0.15) is 22.3 Å². The molecular weight excluding hydrogens is 645 g/mol. The predicted octanol–water partition coefficient (Wildman–Crippen LogP) is 11.1. The Labute approximate surface area is 279 Å². The van der Waals surface area contributed by atoms with E-state index >= 15 is 0 Å². The van der Waals surface area contributed by atoms with Crippen LogP contribution in [0.15, 0.2) is 158 Å². The van der Waals surface area contributed by atoms with Gasteiger partial charge in [-0.25, -0.2) is 12.1 Å². The Morgan fingerprint density at radius 3 is 1.09 bits per heavy atom. The van der Waals surface area contributed by atoms with E-state index in [0.717, 1.165) is 29.7 Å². The maximum atomic E-state index is 6.42. The molecule has 0 fully saturated rings. The molecule has 0 N–H and O–H groups in total. The second kappa shape index (κ2) is 17.7. The molecule has 0 amide bonds. The molecule has 0 atom stereocenters. The van der Waals surface area contributed by atoms with Crippen LogP contribution in [0, 0.1) is 0 Å². The number of halogens is 2. The summed E-state index contributed by atoms with van der Waals surface area (Å²) in [7, 11) is -0.596. The van der Waals surface area contributed by atoms with Crippen LogP contribution < -0.4 is 10.6 Å². The molecule has 0 saturated carbocycles. The van der Waals surface area contributed by atoms with Crippen LogP contribution in [-0.4, -0.2) is 0 Å². The molecule has 6 rings (SSSR count). The van der Waals surface area contributed by atoms with Gasteiger partial charge in [0, 0.05) is 0 Å². The Morgan fingerprint density at radius 1 is 0.419 bits per heavy atom. The molecule has 6 aromatic rings. The van der Waals surface area contributed by atoms with Crippen molar-refractivity contribution in [3.63, 3.8) is 0 Å². The van der Waals surface area contributed by atoms with Gasteiger partial charge in [0.15, 0.2) is 0 Å². The first-order chi connectivity index (χ1) is 20.7. The quantitative estimate of drug-likeness (QED) is 0.0768. The van der Waals surface area contributed by atoms with Gasteiger partial charge in [0.2, 0.25) is 0 Å². The first kappa shape index (κ1) is 33.4. The Balaban J connectivity index is 0.000000193. The van der Waals surface area contributed by atoms with Crippen molar-refractivity contribution in [3.05, 3.63) is 190 Å². The van der Waals surface area contributed by atoms with Gasteiger partial charge < -0.3 is 0 Å². The molecule has 218 valence electrons. The number of rotatable bonds is 10. The molecule has 0 aromatic heterocycles. The van der Waals surface area contributed by atoms with Crippen LogP contribution in [0.25, 0.3) is 0 Å². The first-order valence-electron chi connectivity index (χ1n) is 14.1. The van der Waals surface area contributed by atoms with Crippen molar-refractivity contribution in [3.8, 4) is 0 Å². The van der Waals surface area contributed by atoms with Gasteiger partial charge in [0.25, 0.3) is 0 Å². The van der Waals surface area contributed by atoms with Crippen LogP contribution in [-0.2, 0) is 41.7 Å². The van der Waals surface area contributed by atoms with Gasteiger partial charge in [-0.05, 0) is 46.9 Å². The van der Waals surface area contributed by atoms with Gasteiger partial charge in [-0.2, -0.15) is 35.9 Å². The van der Waals surface area contributed by atoms with Crippen molar-refractivity contribution in [1.29, 1.82) is 0 Å². The van der Waals surface area contributed by atoms with Crippen molar-refractivity contribution < 1.29 is 17.1 Å². The minimum Gasteiger partial charge on any atom is -0.213 e. The van der Waals surface area contributed by atoms with Gasteiger partial charge in [-0.1, -0.05) is 131 Å². The molecule has 0 aliphatic carbocycles. The molecule has 0 nitrogen and oxygen atoms in total. The molecule has 0 aliphatic heterocycles. The molecule has 0 heterocycles. The van der Waals surface area contributed by atoms with E-state index in [9.17, 15) is 0 Å². The zero-order chi connectivity index (χ0) is 29.0. The summed E-state index contributed by atoms with van der Waals surface area (Å²) in [5, 5.41) is 4.09. The topological polar surface area (TPSA) is 0 Å². The maximum absolute atomic E-state index is 6.42. The van der Waals surface area contributed by atoms with E-state index in [0.29, 0.717) is 5.02 Å². The van der Waals surface area contributed by atoms with Gasteiger partial charge in [-0.15, -0.1) is 38.1 Å². The van der Waals surface area contributed by atoms with Crippen molar-refractivity contribution >= 4 is 49.7 Å². The largest absolute Gasteiger partial charge is 2.00 e. The fraction of sp³-hybridized carbons (Fsp3) is 0.105. The van der Waals surface area contributed by atoms with Crippen LogP contribution in [0.4, 0.5) is 0 Å². The normalized spacial score (nSPS) is 10.7. The maximum Gasteiger partial charge on any atom is 2.00 e. The number of hydrogen-bond donors (Lipinski definition) is 0. The van der Waals surface area contributed by atoms with Crippen molar-refractivity contribution in [2.45, 2.75) is 24.6 Å². The first-order valence-corrected chi connectivity index (χ1v) is 18.3. The summed E-state index contributed by atoms with van der Waals surface area (Å²) in [6, 6.07) is 55.7. The minimum absolute atomic E-state index is 0. The van der Waals surface area contributed by atoms with Crippen molar-refractivity contribution in [2.75, 3.05) is 0 Å². The van der Waals surface area contributed by atoms with E-state index in [2.05, 4.69) is 152 Å². The molecule has 0 bridgehead atoms. The average molecular weight is 679 g/mol. The Morgan fingerprint density at radius 2 is 0.767 bits per heavy atom. The van der Waals surface area contributed by atoms with Crippen molar-refractivity contribution in [2.24, 2.45) is 0 Å². The SMILES string of the molecule is Clc1cc[c-](P(Cc2ccccc2)Cc2ccccc2)c1Cl.[Fe+2].c1ccc(CP(Cc2ccccc2)[c-]2cccc2)cc1. The van der Waals surface area contributed by atoms with Gasteiger partial charge in [0.05, 0.1) is 0 Å². The third-order valence-electron chi connectivity index (χ3n) is 7.04. The third kappa shape index (κ3) is 10.3. The number of hydrogen-bond acceptors (Lipinski definition) is 0. The average Bonchev–Trinajstić information content (AvgIpc) is 3.69. The van der Waals surface area contributed by atoms with E-state index in [4.69, 9.17) is 23.2 Å². The predicted molar refractivity (Wildman–Crippen MR) is 188 cm³/mol. The Bertz CT molecular complexity index is 1500. The van der Waals surface area contributed by atoms with E-state index < -0.39 is 7.92 Å². The molecule has 0 radical (unpaired) electrons. The van der Waals surface area contributed by atoms with Crippen LogP contribution in [0.5, 0.6) is 0 Å². The van der Waals surface area contributed by atoms with Crippen molar-refractivity contribution in [1.82, 2.24) is 0 Å². The van der Waals surface area contributed by atoms with Crippen LogP contribution >= 0.6 is 39.0 Å². The van der Waals surface area contributed by atoms with E-state index in [1.807, 2.05) is 6.07 Å². The standard InChI is InChI=1S/C19H16Cl2P.C19H18P.Fe/c20-17-11-12-18(19(17)21)22(13-15-7-3-1-4-8-15)14-16-9-5-2-6-10-16;1-3-9-17(10-4-1)15-20(19-13-7-8-14-19)16-18-11-5-2-6-12-18;/h1-12H,13-14H2;1-14H,15-16H2;/q2*-1;+2. The summed E-state index contributed by atoms with van der Waals surface area (Å²) < 4.78 is 0. The summed E-state index contributed by atoms with van der Waals surface area (Å²) in [5.74, 6) is 0.